The Morgan fingerprint density at radius 2 is 1.36 bits per heavy atom. The van der Waals surface area contributed by atoms with Crippen LogP contribution in [0.3, 0.4) is 0 Å². The van der Waals surface area contributed by atoms with E-state index in [4.69, 9.17) is 4.74 Å². The molecule has 158 valence electrons. The summed E-state index contributed by atoms with van der Waals surface area (Å²) in [5.74, 6) is -2.96. The molecule has 0 N–H and O–H groups in total. The summed E-state index contributed by atoms with van der Waals surface area (Å²) in [6.45, 7) is 2.22. The molecule has 2 aliphatic carbocycles. The van der Waals surface area contributed by atoms with E-state index in [1.807, 2.05) is 0 Å². The third kappa shape index (κ3) is 5.05. The van der Waals surface area contributed by atoms with Crippen molar-refractivity contribution in [2.24, 2.45) is 17.8 Å². The predicted octanol–water partition coefficient (Wildman–Crippen LogP) is 7.34. The fourth-order valence-corrected chi connectivity index (χ4v) is 5.04. The molecule has 6 heteroatoms. The summed E-state index contributed by atoms with van der Waals surface area (Å²) < 4.78 is 73.1. The van der Waals surface area contributed by atoms with Crippen LogP contribution in [-0.4, -0.2) is 6.10 Å². The van der Waals surface area contributed by atoms with Crippen LogP contribution in [0.15, 0.2) is 12.1 Å². The number of benzene rings is 1. The molecular weight excluding hydrogens is 375 g/mol. The molecular formula is C22H29F5O. The molecule has 0 amide bonds. The average Bonchev–Trinajstić information content (AvgIpc) is 2.67. The van der Waals surface area contributed by atoms with E-state index in [9.17, 15) is 22.0 Å². The van der Waals surface area contributed by atoms with Gasteiger partial charge in [0, 0.05) is 0 Å². The lowest BCUT2D eigenvalue weighted by Gasteiger charge is -2.38. The number of rotatable bonds is 6. The summed E-state index contributed by atoms with van der Waals surface area (Å²) in [6.07, 6.45) is 5.75. The molecule has 3 rings (SSSR count). The molecule has 2 saturated carbocycles. The molecule has 0 unspecified atom stereocenters. The number of hydrogen-bond donors (Lipinski definition) is 0. The molecule has 0 heterocycles. The Morgan fingerprint density at radius 3 is 1.86 bits per heavy atom. The highest BCUT2D eigenvalue weighted by Gasteiger charge is 2.40. The van der Waals surface area contributed by atoms with E-state index in [1.165, 1.54) is 38.5 Å². The van der Waals surface area contributed by atoms with Crippen LogP contribution in [0, 0.1) is 35.2 Å². The summed E-state index contributed by atoms with van der Waals surface area (Å²) in [5.41, 5.74) is -0.986. The molecule has 0 radical (unpaired) electrons. The van der Waals surface area contributed by atoms with E-state index in [1.54, 1.807) is 0 Å². The van der Waals surface area contributed by atoms with Crippen molar-refractivity contribution in [3.8, 4) is 0 Å². The van der Waals surface area contributed by atoms with Gasteiger partial charge in [0.1, 0.15) is 0 Å². The van der Waals surface area contributed by atoms with Crippen LogP contribution in [-0.2, 0) is 10.8 Å². The predicted molar refractivity (Wildman–Crippen MR) is 97.4 cm³/mol. The Balaban J connectivity index is 1.51. The van der Waals surface area contributed by atoms with Crippen molar-refractivity contribution in [2.45, 2.75) is 83.3 Å². The average molecular weight is 404 g/mol. The van der Waals surface area contributed by atoms with E-state index in [2.05, 4.69) is 6.92 Å². The molecule has 0 spiro atoms. The summed E-state index contributed by atoms with van der Waals surface area (Å²) in [5, 5.41) is 0. The van der Waals surface area contributed by atoms with Crippen molar-refractivity contribution in [1.29, 1.82) is 0 Å². The fraction of sp³-hybridized carbons (Fsp3) is 0.727. The Kier molecular flexibility index (Phi) is 7.00. The molecule has 1 nitrogen and oxygen atoms in total. The second kappa shape index (κ2) is 9.10. The van der Waals surface area contributed by atoms with Gasteiger partial charge in [0.2, 0.25) is 0 Å². The summed E-state index contributed by atoms with van der Waals surface area (Å²) >= 11 is 0. The van der Waals surface area contributed by atoms with Crippen molar-refractivity contribution in [3.63, 3.8) is 0 Å². The summed E-state index contributed by atoms with van der Waals surface area (Å²) in [7, 11) is 0. The summed E-state index contributed by atoms with van der Waals surface area (Å²) in [6, 6.07) is 0.609. The Hall–Kier alpha value is -1.17. The maximum atomic E-state index is 14.3. The van der Waals surface area contributed by atoms with Crippen molar-refractivity contribution in [2.75, 3.05) is 0 Å². The number of halogens is 5. The largest absolute Gasteiger partial charge is 0.383 e. The molecule has 1 aromatic rings. The van der Waals surface area contributed by atoms with Crippen molar-refractivity contribution in [1.82, 2.24) is 0 Å². The first-order valence-corrected chi connectivity index (χ1v) is 10.5. The molecule has 0 atom stereocenters. The monoisotopic (exact) mass is 404 g/mol. The van der Waals surface area contributed by atoms with Gasteiger partial charge >= 0.3 is 6.11 Å². The van der Waals surface area contributed by atoms with Crippen LogP contribution >= 0.6 is 0 Å². The van der Waals surface area contributed by atoms with Gasteiger partial charge in [0.15, 0.2) is 17.5 Å². The van der Waals surface area contributed by atoms with Crippen LogP contribution < -0.4 is 0 Å². The van der Waals surface area contributed by atoms with Gasteiger partial charge in [-0.3, -0.25) is 0 Å². The second-order valence-electron chi connectivity index (χ2n) is 8.49. The van der Waals surface area contributed by atoms with E-state index >= 15 is 0 Å². The van der Waals surface area contributed by atoms with Gasteiger partial charge in [0.25, 0.3) is 0 Å². The lowest BCUT2D eigenvalue weighted by atomic mass is 9.70. The van der Waals surface area contributed by atoms with Crippen molar-refractivity contribution < 1.29 is 26.7 Å². The van der Waals surface area contributed by atoms with Gasteiger partial charge in [-0.1, -0.05) is 32.6 Å². The van der Waals surface area contributed by atoms with Crippen LogP contribution in [0.2, 0.25) is 0 Å². The Morgan fingerprint density at radius 1 is 0.857 bits per heavy atom. The van der Waals surface area contributed by atoms with Crippen molar-refractivity contribution >= 4 is 0 Å². The Labute approximate surface area is 163 Å². The molecule has 2 aliphatic rings. The quantitative estimate of drug-likeness (QED) is 0.356. The van der Waals surface area contributed by atoms with Gasteiger partial charge in [-0.15, -0.1) is 0 Å². The zero-order chi connectivity index (χ0) is 20.3. The number of hydrogen-bond acceptors (Lipinski definition) is 1. The zero-order valence-electron chi connectivity index (χ0n) is 16.3. The van der Waals surface area contributed by atoms with E-state index in [-0.39, 0.29) is 0 Å². The molecule has 2 fully saturated rings. The van der Waals surface area contributed by atoms with Crippen LogP contribution in [0.4, 0.5) is 22.0 Å². The standard InChI is InChI=1S/C22H29F5O/c1-2-3-14-4-6-15(7-5-14)16-8-10-18(11-9-16)28-22(26,27)17-12-19(23)21(25)20(24)13-17/h12-16,18H,2-11H2,1H3. The highest BCUT2D eigenvalue weighted by molar-refractivity contribution is 5.22. The van der Waals surface area contributed by atoms with Crippen LogP contribution in [0.1, 0.15) is 76.7 Å². The number of ether oxygens (including phenoxy) is 1. The maximum absolute atomic E-state index is 14.3. The van der Waals surface area contributed by atoms with Crippen LogP contribution in [0.25, 0.3) is 0 Å². The van der Waals surface area contributed by atoms with E-state index in [0.717, 1.165) is 18.8 Å². The first-order chi connectivity index (χ1) is 13.3. The third-order valence-electron chi connectivity index (χ3n) is 6.61. The molecule has 28 heavy (non-hydrogen) atoms. The highest BCUT2D eigenvalue weighted by Crippen LogP contribution is 2.43. The fourth-order valence-electron chi connectivity index (χ4n) is 5.04. The van der Waals surface area contributed by atoms with Gasteiger partial charge in [0.05, 0.1) is 11.7 Å². The first-order valence-electron chi connectivity index (χ1n) is 10.5. The van der Waals surface area contributed by atoms with Gasteiger partial charge in [-0.05, 0) is 68.4 Å². The number of alkyl halides is 2. The summed E-state index contributed by atoms with van der Waals surface area (Å²) in [4.78, 5) is 0. The molecule has 0 aromatic heterocycles. The van der Waals surface area contributed by atoms with E-state index in [0.29, 0.717) is 36.8 Å². The zero-order valence-corrected chi connectivity index (χ0v) is 16.3. The SMILES string of the molecule is CCCC1CCC(C2CCC(OC(F)(F)c3cc(F)c(F)c(F)c3)CC2)CC1. The lowest BCUT2D eigenvalue weighted by molar-refractivity contribution is -0.278. The maximum Gasteiger partial charge on any atom is 0.383 e. The van der Waals surface area contributed by atoms with Gasteiger partial charge < -0.3 is 4.74 Å². The highest BCUT2D eigenvalue weighted by atomic mass is 19.3. The van der Waals surface area contributed by atoms with Gasteiger partial charge in [-0.25, -0.2) is 13.2 Å². The smallest absolute Gasteiger partial charge is 0.313 e. The third-order valence-corrected chi connectivity index (χ3v) is 6.61. The molecule has 0 saturated heterocycles. The second-order valence-corrected chi connectivity index (χ2v) is 8.49. The minimum absolute atomic E-state index is 0.304. The minimum atomic E-state index is -3.84. The molecule has 0 aliphatic heterocycles. The molecule has 1 aromatic carbocycles. The van der Waals surface area contributed by atoms with E-state index < -0.39 is 35.2 Å². The normalized spacial score (nSPS) is 29.1. The lowest BCUT2D eigenvalue weighted by Crippen LogP contribution is -2.32. The minimum Gasteiger partial charge on any atom is -0.313 e. The Bertz CT molecular complexity index is 623. The first kappa shape index (κ1) is 21.5. The van der Waals surface area contributed by atoms with Gasteiger partial charge in [-0.2, -0.15) is 8.78 Å². The van der Waals surface area contributed by atoms with Crippen LogP contribution in [0.5, 0.6) is 0 Å². The van der Waals surface area contributed by atoms with Crippen molar-refractivity contribution in [3.05, 3.63) is 35.1 Å². The topological polar surface area (TPSA) is 9.23 Å². The molecule has 0 bridgehead atoms.